The van der Waals surface area contributed by atoms with Crippen LogP contribution in [0.4, 0.5) is 0 Å². The van der Waals surface area contributed by atoms with Gasteiger partial charge in [0.1, 0.15) is 6.54 Å². The Bertz CT molecular complexity index is 841. The fourth-order valence-electron chi connectivity index (χ4n) is 3.68. The second kappa shape index (κ2) is 7.40. The average Bonchev–Trinajstić information content (AvgIpc) is 2.59. The van der Waals surface area contributed by atoms with Crippen LogP contribution in [0.15, 0.2) is 29.1 Å². The van der Waals surface area contributed by atoms with Crippen molar-refractivity contribution in [1.82, 2.24) is 9.47 Å². The number of carbonyl (C=O) groups excluding carboxylic acids is 1. The van der Waals surface area contributed by atoms with Crippen LogP contribution < -0.4 is 5.56 Å². The normalized spacial score (nSPS) is 18.4. The minimum absolute atomic E-state index is 0.0560. The highest BCUT2D eigenvalue weighted by molar-refractivity contribution is 5.82. The SMILES string of the molecule is COC(=O)Cn1c(=O)c(CN2CCCC(C)C2)cc2ccc(C)cc21. The Morgan fingerprint density at radius 3 is 2.84 bits per heavy atom. The first-order valence-corrected chi connectivity index (χ1v) is 8.90. The van der Waals surface area contributed by atoms with Crippen molar-refractivity contribution in [3.8, 4) is 0 Å². The maximum atomic E-state index is 13.0. The number of likely N-dealkylation sites (tertiary alicyclic amines) is 1. The van der Waals surface area contributed by atoms with Crippen LogP contribution in [0.2, 0.25) is 0 Å². The van der Waals surface area contributed by atoms with Gasteiger partial charge in [0.05, 0.1) is 12.6 Å². The summed E-state index contributed by atoms with van der Waals surface area (Å²) in [4.78, 5) is 27.2. The van der Waals surface area contributed by atoms with E-state index in [-0.39, 0.29) is 12.1 Å². The largest absolute Gasteiger partial charge is 0.468 e. The summed E-state index contributed by atoms with van der Waals surface area (Å²) in [7, 11) is 1.35. The molecule has 2 aromatic rings. The number of carbonyl (C=O) groups is 1. The Morgan fingerprint density at radius 2 is 2.12 bits per heavy atom. The minimum atomic E-state index is -0.409. The van der Waals surface area contributed by atoms with E-state index in [0.717, 1.165) is 35.1 Å². The van der Waals surface area contributed by atoms with Crippen LogP contribution in [0.25, 0.3) is 10.9 Å². The second-order valence-electron chi connectivity index (χ2n) is 7.18. The van der Waals surface area contributed by atoms with Gasteiger partial charge in [0.15, 0.2) is 0 Å². The number of nitrogens with zero attached hydrogens (tertiary/aromatic N) is 2. The molecule has 0 aliphatic carbocycles. The van der Waals surface area contributed by atoms with E-state index in [1.807, 2.05) is 31.2 Å². The highest BCUT2D eigenvalue weighted by Gasteiger charge is 2.19. The van der Waals surface area contributed by atoms with E-state index >= 15 is 0 Å². The standard InChI is InChI=1S/C20H26N2O3/c1-14-6-7-16-10-17(12-21-8-4-5-15(2)11-21)20(24)22(18(16)9-14)13-19(23)25-3/h6-7,9-10,15H,4-5,8,11-13H2,1-3H3. The van der Waals surface area contributed by atoms with Gasteiger partial charge in [-0.25, -0.2) is 0 Å². The van der Waals surface area contributed by atoms with E-state index in [4.69, 9.17) is 4.74 Å². The predicted octanol–water partition coefficient (Wildman–Crippen LogP) is 2.71. The molecule has 1 aliphatic rings. The fourth-order valence-corrected chi connectivity index (χ4v) is 3.68. The van der Waals surface area contributed by atoms with E-state index in [1.54, 1.807) is 4.57 Å². The van der Waals surface area contributed by atoms with Crippen LogP contribution >= 0.6 is 0 Å². The van der Waals surface area contributed by atoms with Gasteiger partial charge in [0, 0.05) is 18.7 Å². The molecule has 0 saturated carbocycles. The third-order valence-corrected chi connectivity index (χ3v) is 4.98. The van der Waals surface area contributed by atoms with Crippen LogP contribution in [0.3, 0.4) is 0 Å². The number of methoxy groups -OCH3 is 1. The van der Waals surface area contributed by atoms with Crippen molar-refractivity contribution in [2.45, 2.75) is 39.8 Å². The molecule has 0 radical (unpaired) electrons. The summed E-state index contributed by atoms with van der Waals surface area (Å²) in [5.41, 5.74) is 2.49. The zero-order valence-electron chi connectivity index (χ0n) is 15.2. The zero-order chi connectivity index (χ0) is 18.0. The van der Waals surface area contributed by atoms with Crippen molar-refractivity contribution >= 4 is 16.9 Å². The first-order valence-electron chi connectivity index (χ1n) is 8.90. The van der Waals surface area contributed by atoms with Gasteiger partial charge >= 0.3 is 5.97 Å². The van der Waals surface area contributed by atoms with Gasteiger partial charge in [0.25, 0.3) is 5.56 Å². The monoisotopic (exact) mass is 342 g/mol. The molecule has 0 bridgehead atoms. The number of benzene rings is 1. The van der Waals surface area contributed by atoms with Gasteiger partial charge in [-0.1, -0.05) is 19.1 Å². The van der Waals surface area contributed by atoms with E-state index < -0.39 is 5.97 Å². The molecule has 5 nitrogen and oxygen atoms in total. The number of hydrogen-bond donors (Lipinski definition) is 0. The van der Waals surface area contributed by atoms with Crippen molar-refractivity contribution in [3.05, 3.63) is 45.7 Å². The Morgan fingerprint density at radius 1 is 1.32 bits per heavy atom. The molecule has 1 unspecified atom stereocenters. The number of piperidine rings is 1. The van der Waals surface area contributed by atoms with Crippen molar-refractivity contribution in [2.24, 2.45) is 5.92 Å². The molecule has 1 aliphatic heterocycles. The molecule has 1 fully saturated rings. The van der Waals surface area contributed by atoms with Crippen LogP contribution in [0.5, 0.6) is 0 Å². The number of rotatable bonds is 4. The topological polar surface area (TPSA) is 51.5 Å². The minimum Gasteiger partial charge on any atom is -0.468 e. The lowest BCUT2D eigenvalue weighted by Crippen LogP contribution is -2.37. The molecule has 1 atom stereocenters. The predicted molar refractivity (Wildman–Crippen MR) is 98.6 cm³/mol. The van der Waals surface area contributed by atoms with E-state index in [9.17, 15) is 9.59 Å². The number of ether oxygens (including phenoxy) is 1. The number of pyridine rings is 1. The molecule has 134 valence electrons. The highest BCUT2D eigenvalue weighted by Crippen LogP contribution is 2.20. The highest BCUT2D eigenvalue weighted by atomic mass is 16.5. The van der Waals surface area contributed by atoms with Gasteiger partial charge in [-0.05, 0) is 55.3 Å². The van der Waals surface area contributed by atoms with Crippen molar-refractivity contribution < 1.29 is 9.53 Å². The van der Waals surface area contributed by atoms with Gasteiger partial charge in [-0.2, -0.15) is 0 Å². The smallest absolute Gasteiger partial charge is 0.325 e. The van der Waals surface area contributed by atoms with Crippen molar-refractivity contribution in [1.29, 1.82) is 0 Å². The molecule has 5 heteroatoms. The number of aromatic nitrogens is 1. The Hall–Kier alpha value is -2.14. The Labute approximate surface area is 148 Å². The lowest BCUT2D eigenvalue weighted by Gasteiger charge is -2.30. The summed E-state index contributed by atoms with van der Waals surface area (Å²) in [6.07, 6.45) is 2.42. The molecule has 1 aromatic heterocycles. The molecule has 25 heavy (non-hydrogen) atoms. The molecule has 0 N–H and O–H groups in total. The molecular weight excluding hydrogens is 316 g/mol. The third kappa shape index (κ3) is 3.93. The molecule has 3 rings (SSSR count). The van der Waals surface area contributed by atoms with E-state index in [1.165, 1.54) is 20.0 Å². The average molecular weight is 342 g/mol. The number of fused-ring (bicyclic) bond motifs is 1. The summed E-state index contributed by atoms with van der Waals surface area (Å²) in [6.45, 7) is 6.85. The molecule has 0 amide bonds. The van der Waals surface area contributed by atoms with Gasteiger partial charge in [-0.3, -0.25) is 19.1 Å². The second-order valence-corrected chi connectivity index (χ2v) is 7.18. The maximum absolute atomic E-state index is 13.0. The summed E-state index contributed by atoms with van der Waals surface area (Å²) in [5.74, 6) is 0.253. The first kappa shape index (κ1) is 17.7. The van der Waals surface area contributed by atoms with Crippen LogP contribution in [-0.2, 0) is 22.6 Å². The number of hydrogen-bond acceptors (Lipinski definition) is 4. The van der Waals surface area contributed by atoms with Gasteiger partial charge < -0.3 is 4.74 Å². The van der Waals surface area contributed by atoms with E-state index in [2.05, 4.69) is 11.8 Å². The summed E-state index contributed by atoms with van der Waals surface area (Å²) in [6, 6.07) is 7.97. The first-order chi connectivity index (χ1) is 12.0. The lowest BCUT2D eigenvalue weighted by molar-refractivity contribution is -0.141. The number of esters is 1. The quantitative estimate of drug-likeness (QED) is 0.802. The molecule has 2 heterocycles. The summed E-state index contributed by atoms with van der Waals surface area (Å²) < 4.78 is 6.34. The number of aryl methyl sites for hydroxylation is 1. The maximum Gasteiger partial charge on any atom is 0.325 e. The molecule has 1 saturated heterocycles. The van der Waals surface area contributed by atoms with Crippen molar-refractivity contribution in [3.63, 3.8) is 0 Å². The Kier molecular flexibility index (Phi) is 5.23. The van der Waals surface area contributed by atoms with E-state index in [0.29, 0.717) is 12.5 Å². The van der Waals surface area contributed by atoms with Gasteiger partial charge in [-0.15, -0.1) is 0 Å². The molecule has 1 aromatic carbocycles. The van der Waals surface area contributed by atoms with Crippen molar-refractivity contribution in [2.75, 3.05) is 20.2 Å². The summed E-state index contributed by atoms with van der Waals surface area (Å²) in [5, 5.41) is 0.981. The zero-order valence-corrected chi connectivity index (χ0v) is 15.2. The summed E-state index contributed by atoms with van der Waals surface area (Å²) >= 11 is 0. The van der Waals surface area contributed by atoms with Crippen LogP contribution in [0, 0.1) is 12.8 Å². The molecule has 0 spiro atoms. The fraction of sp³-hybridized carbons (Fsp3) is 0.500. The third-order valence-electron chi connectivity index (χ3n) is 4.98. The van der Waals surface area contributed by atoms with Crippen LogP contribution in [-0.4, -0.2) is 35.6 Å². The van der Waals surface area contributed by atoms with Gasteiger partial charge in [0.2, 0.25) is 0 Å². The Balaban J connectivity index is 2.03. The molecular formula is C20H26N2O3. The van der Waals surface area contributed by atoms with Crippen LogP contribution in [0.1, 0.15) is 30.9 Å². The lowest BCUT2D eigenvalue weighted by atomic mass is 9.99.